The van der Waals surface area contributed by atoms with Gasteiger partial charge in [0.2, 0.25) is 0 Å². The molecule has 0 amide bonds. The van der Waals surface area contributed by atoms with Crippen LogP contribution < -0.4 is 9.47 Å². The predicted octanol–water partition coefficient (Wildman–Crippen LogP) is 4.76. The highest BCUT2D eigenvalue weighted by Gasteiger charge is 2.38. The number of ether oxygens (including phenoxy) is 2. The maximum Gasteiger partial charge on any atom is 0.308 e. The Hall–Kier alpha value is -1.55. The van der Waals surface area contributed by atoms with Gasteiger partial charge in [0.25, 0.3) is 0 Å². The molecule has 0 saturated heterocycles. The Morgan fingerprint density at radius 3 is 2.81 bits per heavy atom. The minimum Gasteiger partial charge on any atom is -0.493 e. The van der Waals surface area contributed by atoms with Gasteiger partial charge in [0.1, 0.15) is 11.5 Å². The van der Waals surface area contributed by atoms with Crippen molar-refractivity contribution in [2.24, 2.45) is 5.92 Å². The van der Waals surface area contributed by atoms with E-state index >= 15 is 0 Å². The number of hydrogen-bond acceptors (Lipinski definition) is 4. The smallest absolute Gasteiger partial charge is 0.308 e. The summed E-state index contributed by atoms with van der Waals surface area (Å²) in [5.74, 6) is 1.81. The first kappa shape index (κ1) is 19.2. The summed E-state index contributed by atoms with van der Waals surface area (Å²) in [7, 11) is 0. The number of hydrogen-bond donors (Lipinski definition) is 1. The van der Waals surface area contributed by atoms with E-state index in [2.05, 4.69) is 13.0 Å². The van der Waals surface area contributed by atoms with Gasteiger partial charge in [-0.2, -0.15) is 0 Å². The number of aliphatic hydroxyl groups is 1. The van der Waals surface area contributed by atoms with Gasteiger partial charge in [-0.25, -0.2) is 0 Å². The van der Waals surface area contributed by atoms with Gasteiger partial charge in [-0.3, -0.25) is 4.79 Å². The van der Waals surface area contributed by atoms with Gasteiger partial charge in [-0.1, -0.05) is 32.6 Å². The van der Waals surface area contributed by atoms with Gasteiger partial charge in [-0.05, 0) is 55.7 Å². The molecule has 1 aromatic rings. The van der Waals surface area contributed by atoms with E-state index in [1.54, 1.807) is 0 Å². The van der Waals surface area contributed by atoms with Crippen molar-refractivity contribution in [1.82, 2.24) is 0 Å². The molecule has 1 fully saturated rings. The molecule has 4 heteroatoms. The van der Waals surface area contributed by atoms with Crippen LogP contribution in [0.1, 0.15) is 82.3 Å². The van der Waals surface area contributed by atoms with Gasteiger partial charge < -0.3 is 14.6 Å². The fourth-order valence-corrected chi connectivity index (χ4v) is 4.42. The van der Waals surface area contributed by atoms with Gasteiger partial charge >= 0.3 is 5.97 Å². The molecule has 2 aliphatic rings. The second kappa shape index (κ2) is 8.90. The molecule has 0 radical (unpaired) electrons. The number of fused-ring (bicyclic) bond motifs is 3. The second-order valence-corrected chi connectivity index (χ2v) is 7.91. The number of rotatable bonds is 7. The minimum atomic E-state index is -0.300. The minimum absolute atomic E-state index is 0.218. The van der Waals surface area contributed by atoms with Crippen LogP contribution >= 0.6 is 0 Å². The molecule has 144 valence electrons. The highest BCUT2D eigenvalue weighted by atomic mass is 16.5. The summed E-state index contributed by atoms with van der Waals surface area (Å²) in [5.41, 5.74) is 2.16. The van der Waals surface area contributed by atoms with Crippen molar-refractivity contribution in [1.29, 1.82) is 0 Å². The zero-order valence-corrected chi connectivity index (χ0v) is 16.1. The number of carbonyl (C=O) groups is 1. The van der Waals surface area contributed by atoms with Crippen molar-refractivity contribution >= 4 is 5.97 Å². The quantitative estimate of drug-likeness (QED) is 0.433. The normalized spacial score (nSPS) is 24.3. The van der Waals surface area contributed by atoms with E-state index < -0.39 is 0 Å². The molecular formula is C22H32O4. The van der Waals surface area contributed by atoms with Crippen molar-refractivity contribution in [3.8, 4) is 11.5 Å². The maximum atomic E-state index is 11.7. The average Bonchev–Trinajstić information content (AvgIpc) is 2.60. The third kappa shape index (κ3) is 4.59. The monoisotopic (exact) mass is 360 g/mol. The van der Waals surface area contributed by atoms with Crippen LogP contribution in [0.3, 0.4) is 0 Å². The molecule has 3 rings (SSSR count). The fraction of sp³-hybridized carbons (Fsp3) is 0.682. The molecule has 3 unspecified atom stereocenters. The van der Waals surface area contributed by atoms with Crippen LogP contribution in [0.5, 0.6) is 11.5 Å². The molecule has 26 heavy (non-hydrogen) atoms. The van der Waals surface area contributed by atoms with Crippen molar-refractivity contribution < 1.29 is 19.4 Å². The van der Waals surface area contributed by atoms with E-state index in [0.29, 0.717) is 18.3 Å². The first-order chi connectivity index (χ1) is 12.6. The Bertz CT molecular complexity index is 625. The molecule has 1 heterocycles. The Labute approximate surface area is 156 Å². The van der Waals surface area contributed by atoms with Crippen LogP contribution in [-0.2, 0) is 11.2 Å². The van der Waals surface area contributed by atoms with Crippen molar-refractivity contribution in [2.45, 2.75) is 83.7 Å². The van der Waals surface area contributed by atoms with Gasteiger partial charge in [0.05, 0.1) is 12.7 Å². The number of esters is 1. The number of carbonyl (C=O) groups excluding carboxylic acids is 1. The molecule has 3 atom stereocenters. The number of aliphatic hydroxyl groups excluding tert-OH is 1. The molecule has 1 aliphatic heterocycles. The molecule has 1 saturated carbocycles. The summed E-state index contributed by atoms with van der Waals surface area (Å²) in [6, 6.07) is 4.14. The van der Waals surface area contributed by atoms with Crippen molar-refractivity contribution in [3.05, 3.63) is 23.3 Å². The maximum absolute atomic E-state index is 11.7. The standard InChI is InChI=1S/C22H32O4/c1-3-4-5-6-7-8-16-11-20-22(21(12-16)26-15(2)23)19-13-18(24)10-9-17(19)14-25-20/h11-12,17-19,24H,3-10,13-14H2,1-2H3. The van der Waals surface area contributed by atoms with Crippen LogP contribution in [0.15, 0.2) is 12.1 Å². The first-order valence-electron chi connectivity index (χ1n) is 10.2. The first-order valence-corrected chi connectivity index (χ1v) is 10.2. The SMILES string of the molecule is CCCCCCCc1cc2c(c(OC(C)=O)c1)C1CC(O)CCC1CO2. The molecule has 0 spiro atoms. The lowest BCUT2D eigenvalue weighted by atomic mass is 9.72. The average molecular weight is 360 g/mol. The van der Waals surface area contributed by atoms with E-state index in [0.717, 1.165) is 43.4 Å². The summed E-state index contributed by atoms with van der Waals surface area (Å²) in [4.78, 5) is 11.7. The van der Waals surface area contributed by atoms with Crippen LogP contribution in [0.25, 0.3) is 0 Å². The third-order valence-electron chi connectivity index (χ3n) is 5.78. The second-order valence-electron chi connectivity index (χ2n) is 7.91. The summed E-state index contributed by atoms with van der Waals surface area (Å²) in [6.45, 7) is 4.37. The summed E-state index contributed by atoms with van der Waals surface area (Å²) in [5, 5.41) is 10.1. The van der Waals surface area contributed by atoms with E-state index in [1.807, 2.05) is 6.07 Å². The van der Waals surface area contributed by atoms with E-state index in [9.17, 15) is 9.90 Å². The predicted molar refractivity (Wildman–Crippen MR) is 102 cm³/mol. The van der Waals surface area contributed by atoms with Gasteiger partial charge in [-0.15, -0.1) is 0 Å². The van der Waals surface area contributed by atoms with E-state index in [1.165, 1.54) is 38.2 Å². The number of unbranched alkanes of at least 4 members (excludes halogenated alkanes) is 4. The van der Waals surface area contributed by atoms with E-state index in [4.69, 9.17) is 9.47 Å². The molecule has 0 bridgehead atoms. The molecule has 1 aliphatic carbocycles. The molecule has 1 aromatic carbocycles. The lowest BCUT2D eigenvalue weighted by Gasteiger charge is -2.39. The summed E-state index contributed by atoms with van der Waals surface area (Å²) in [6.07, 6.45) is 9.41. The van der Waals surface area contributed by atoms with Crippen LogP contribution in [0, 0.1) is 5.92 Å². The Morgan fingerprint density at radius 2 is 2.04 bits per heavy atom. The molecular weight excluding hydrogens is 328 g/mol. The topological polar surface area (TPSA) is 55.8 Å². The van der Waals surface area contributed by atoms with Crippen LogP contribution in [-0.4, -0.2) is 23.8 Å². The van der Waals surface area contributed by atoms with Gasteiger partial charge in [0, 0.05) is 18.4 Å². The number of aryl methyl sites for hydroxylation is 1. The largest absolute Gasteiger partial charge is 0.493 e. The van der Waals surface area contributed by atoms with Crippen molar-refractivity contribution in [2.75, 3.05) is 6.61 Å². The molecule has 4 nitrogen and oxygen atoms in total. The number of benzene rings is 1. The fourth-order valence-electron chi connectivity index (χ4n) is 4.42. The highest BCUT2D eigenvalue weighted by molar-refractivity contribution is 5.71. The zero-order valence-electron chi connectivity index (χ0n) is 16.1. The Kier molecular flexibility index (Phi) is 6.58. The highest BCUT2D eigenvalue weighted by Crippen LogP contribution is 2.49. The summed E-state index contributed by atoms with van der Waals surface area (Å²) >= 11 is 0. The third-order valence-corrected chi connectivity index (χ3v) is 5.78. The van der Waals surface area contributed by atoms with Crippen LogP contribution in [0.2, 0.25) is 0 Å². The van der Waals surface area contributed by atoms with Crippen LogP contribution in [0.4, 0.5) is 0 Å². The lowest BCUT2D eigenvalue weighted by molar-refractivity contribution is -0.132. The Balaban J connectivity index is 1.81. The zero-order chi connectivity index (χ0) is 18.5. The summed E-state index contributed by atoms with van der Waals surface area (Å²) < 4.78 is 11.6. The van der Waals surface area contributed by atoms with Gasteiger partial charge in [0.15, 0.2) is 0 Å². The molecule has 1 N–H and O–H groups in total. The lowest BCUT2D eigenvalue weighted by Crippen LogP contribution is -2.34. The Morgan fingerprint density at radius 1 is 1.23 bits per heavy atom. The van der Waals surface area contributed by atoms with Crippen molar-refractivity contribution in [3.63, 3.8) is 0 Å². The molecule has 0 aromatic heterocycles. The van der Waals surface area contributed by atoms with E-state index in [-0.39, 0.29) is 18.0 Å².